The molecule has 11 nitrogen and oxygen atoms in total. The number of aryl methyl sites for hydroxylation is 1. The van der Waals surface area contributed by atoms with Gasteiger partial charge in [0.05, 0.1) is 16.7 Å². The summed E-state index contributed by atoms with van der Waals surface area (Å²) in [5.74, 6) is -1.00. The first-order valence-electron chi connectivity index (χ1n) is 20.1. The lowest BCUT2D eigenvalue weighted by atomic mass is 9.70. The molecule has 9 rings (SSSR count). The fourth-order valence-electron chi connectivity index (χ4n) is 9.74. The van der Waals surface area contributed by atoms with Gasteiger partial charge in [0, 0.05) is 102 Å². The zero-order valence-electron chi connectivity index (χ0n) is 32.3. The monoisotopic (exact) mass is 772 g/mol. The minimum Gasteiger partial charge on any atom is -0.371 e. The van der Waals surface area contributed by atoms with Gasteiger partial charge in [-0.05, 0) is 67.1 Å². The van der Waals surface area contributed by atoms with Crippen molar-refractivity contribution < 1.29 is 24.0 Å². The minimum absolute atomic E-state index is 0.101. The maximum atomic E-state index is 14.0. The van der Waals surface area contributed by atoms with E-state index in [4.69, 9.17) is 0 Å². The van der Waals surface area contributed by atoms with Gasteiger partial charge >= 0.3 is 0 Å². The summed E-state index contributed by atoms with van der Waals surface area (Å²) in [5, 5.41) is 3.27. The summed E-state index contributed by atoms with van der Waals surface area (Å²) in [4.78, 5) is 78.0. The molecule has 5 heterocycles. The Hall–Kier alpha value is -4.78. The van der Waals surface area contributed by atoms with Gasteiger partial charge in [0.25, 0.3) is 11.8 Å². The summed E-state index contributed by atoms with van der Waals surface area (Å²) >= 11 is 1.58. The van der Waals surface area contributed by atoms with E-state index in [1.165, 1.54) is 11.3 Å². The number of imide groups is 2. The van der Waals surface area contributed by atoms with Crippen LogP contribution >= 0.6 is 11.8 Å². The lowest BCUT2D eigenvalue weighted by Gasteiger charge is -2.44. The van der Waals surface area contributed by atoms with Gasteiger partial charge in [0.1, 0.15) is 6.04 Å². The molecule has 1 aliphatic carbocycles. The Kier molecular flexibility index (Phi) is 9.41. The summed E-state index contributed by atoms with van der Waals surface area (Å²) in [5.41, 5.74) is 7.66. The molecule has 5 aliphatic rings. The highest BCUT2D eigenvalue weighted by atomic mass is 32.2. The zero-order chi connectivity index (χ0) is 38.9. The van der Waals surface area contributed by atoms with Crippen LogP contribution in [0.3, 0.4) is 0 Å². The summed E-state index contributed by atoms with van der Waals surface area (Å²) in [7, 11) is 0. The highest BCUT2D eigenvalue weighted by molar-refractivity contribution is 7.99. The molecule has 0 radical (unpaired) electrons. The number of amides is 4. The molecule has 1 aromatic heterocycles. The van der Waals surface area contributed by atoms with E-state index in [1.807, 2.05) is 18.2 Å². The average Bonchev–Trinajstić information content (AvgIpc) is 3.73. The number of benzene rings is 3. The summed E-state index contributed by atoms with van der Waals surface area (Å²) in [6, 6.07) is 17.5. The van der Waals surface area contributed by atoms with Gasteiger partial charge in [-0.15, -0.1) is 11.8 Å². The number of nitrogens with zero attached hydrogens (tertiary/aromatic N) is 4. The topological polar surface area (TPSA) is 126 Å². The highest BCUT2D eigenvalue weighted by Crippen LogP contribution is 2.46. The molecule has 290 valence electrons. The van der Waals surface area contributed by atoms with Crippen LogP contribution in [0.2, 0.25) is 0 Å². The number of ketones is 1. The van der Waals surface area contributed by atoms with Gasteiger partial charge in [0.2, 0.25) is 11.8 Å². The third-order valence-electron chi connectivity index (χ3n) is 12.9. The lowest BCUT2D eigenvalue weighted by Crippen LogP contribution is -2.54. The van der Waals surface area contributed by atoms with E-state index in [0.717, 1.165) is 114 Å². The van der Waals surface area contributed by atoms with Crippen LogP contribution in [0.5, 0.6) is 0 Å². The number of nitrogens with one attached hydrogen (secondary N) is 2. The molecule has 56 heavy (non-hydrogen) atoms. The molecular formula is C44H48N6O5S. The predicted octanol–water partition coefficient (Wildman–Crippen LogP) is 5.38. The van der Waals surface area contributed by atoms with Crippen LogP contribution in [0.15, 0.2) is 59.5 Å². The van der Waals surface area contributed by atoms with Crippen molar-refractivity contribution in [1.82, 2.24) is 25.0 Å². The minimum atomic E-state index is -0.964. The number of carbonyl (C=O) groups excluding carboxylic acids is 5. The van der Waals surface area contributed by atoms with E-state index in [9.17, 15) is 24.0 Å². The van der Waals surface area contributed by atoms with Crippen molar-refractivity contribution in [2.45, 2.75) is 75.3 Å². The Morgan fingerprint density at radius 3 is 2.34 bits per heavy atom. The third-order valence-corrected chi connectivity index (χ3v) is 13.9. The number of fused-ring (bicyclic) bond motifs is 5. The van der Waals surface area contributed by atoms with Gasteiger partial charge in [-0.1, -0.05) is 45.0 Å². The number of hydrogen-bond acceptors (Lipinski definition) is 9. The van der Waals surface area contributed by atoms with Crippen molar-refractivity contribution in [1.29, 1.82) is 0 Å². The summed E-state index contributed by atoms with van der Waals surface area (Å²) in [6.45, 7) is 13.5. The number of anilines is 1. The van der Waals surface area contributed by atoms with Crippen LogP contribution in [0, 0.1) is 0 Å². The Morgan fingerprint density at radius 1 is 0.821 bits per heavy atom. The van der Waals surface area contributed by atoms with Crippen molar-refractivity contribution in [2.75, 3.05) is 56.5 Å². The molecule has 12 heteroatoms. The normalized spacial score (nSPS) is 21.8. The van der Waals surface area contributed by atoms with Gasteiger partial charge in [-0.2, -0.15) is 0 Å². The number of piperazine rings is 1. The van der Waals surface area contributed by atoms with E-state index in [1.54, 1.807) is 23.9 Å². The van der Waals surface area contributed by atoms with Crippen LogP contribution in [-0.4, -0.2) is 113 Å². The largest absolute Gasteiger partial charge is 0.371 e. The van der Waals surface area contributed by atoms with Crippen molar-refractivity contribution in [2.24, 2.45) is 0 Å². The first-order chi connectivity index (χ1) is 27.0. The van der Waals surface area contributed by atoms with Crippen molar-refractivity contribution in [3.05, 3.63) is 93.7 Å². The molecule has 4 aromatic rings. The predicted molar refractivity (Wildman–Crippen MR) is 217 cm³/mol. The maximum absolute atomic E-state index is 14.0. The first-order valence-corrected chi connectivity index (χ1v) is 21.1. The van der Waals surface area contributed by atoms with Crippen LogP contribution in [0.1, 0.15) is 99.9 Å². The second-order valence-corrected chi connectivity index (χ2v) is 17.5. The van der Waals surface area contributed by atoms with Gasteiger partial charge in [-0.3, -0.25) is 44.0 Å². The summed E-state index contributed by atoms with van der Waals surface area (Å²) in [6.07, 6.45) is 3.33. The number of carbonyl (C=O) groups is 5. The fourth-order valence-corrected chi connectivity index (χ4v) is 10.8. The molecule has 1 unspecified atom stereocenters. The molecule has 0 bridgehead atoms. The number of para-hydroxylation sites is 1. The van der Waals surface area contributed by atoms with Crippen LogP contribution in [0.25, 0.3) is 10.9 Å². The number of piperidine rings is 2. The molecule has 1 atom stereocenters. The lowest BCUT2D eigenvalue weighted by molar-refractivity contribution is -0.136. The zero-order valence-corrected chi connectivity index (χ0v) is 33.1. The SMILES string of the molecule is CCc1cc2c(cc1N1CCC(N3CCN(CCSc4cccc5c4C(=O)N(C4CCC(=O)NC4=O)C5=O)CC3)CC1)C(C)(C)c1[nH]c3ccccc3c1C2=O. The first kappa shape index (κ1) is 36.8. The second-order valence-electron chi connectivity index (χ2n) is 16.3. The van der Waals surface area contributed by atoms with Crippen molar-refractivity contribution in [3.8, 4) is 0 Å². The van der Waals surface area contributed by atoms with Crippen molar-refractivity contribution >= 4 is 57.8 Å². The van der Waals surface area contributed by atoms with Crippen molar-refractivity contribution in [3.63, 3.8) is 0 Å². The van der Waals surface area contributed by atoms with Gasteiger partial charge in [0.15, 0.2) is 5.78 Å². The highest BCUT2D eigenvalue weighted by Gasteiger charge is 2.46. The van der Waals surface area contributed by atoms with E-state index in [-0.39, 0.29) is 29.9 Å². The van der Waals surface area contributed by atoms with E-state index in [2.05, 4.69) is 70.0 Å². The molecule has 3 saturated heterocycles. The molecule has 0 spiro atoms. The molecule has 4 aliphatic heterocycles. The number of aromatic amines is 1. The Balaban J connectivity index is 0.797. The molecule has 4 amide bonds. The molecule has 3 aromatic carbocycles. The Labute approximate surface area is 331 Å². The molecule has 2 N–H and O–H groups in total. The summed E-state index contributed by atoms with van der Waals surface area (Å²) < 4.78 is 0. The van der Waals surface area contributed by atoms with E-state index >= 15 is 0 Å². The fraction of sp³-hybridized carbons (Fsp3) is 0.432. The van der Waals surface area contributed by atoms with Crippen LogP contribution in [-0.2, 0) is 21.4 Å². The van der Waals surface area contributed by atoms with Gasteiger partial charge in [-0.25, -0.2) is 0 Å². The number of H-pyrrole nitrogens is 1. The Morgan fingerprint density at radius 2 is 1.59 bits per heavy atom. The van der Waals surface area contributed by atoms with E-state index < -0.39 is 23.8 Å². The quantitative estimate of drug-likeness (QED) is 0.180. The smallest absolute Gasteiger partial charge is 0.263 e. The number of aromatic nitrogens is 1. The third kappa shape index (κ3) is 6.08. The maximum Gasteiger partial charge on any atom is 0.263 e. The Bertz CT molecular complexity index is 2300. The average molecular weight is 773 g/mol. The molecular weight excluding hydrogens is 725 g/mol. The number of hydrogen-bond donors (Lipinski definition) is 2. The second kappa shape index (κ2) is 14.3. The molecule has 3 fully saturated rings. The molecule has 0 saturated carbocycles. The number of thioether (sulfide) groups is 1. The van der Waals surface area contributed by atoms with Crippen LogP contribution < -0.4 is 10.2 Å². The number of rotatable bonds is 8. The van der Waals surface area contributed by atoms with Gasteiger partial charge < -0.3 is 9.88 Å². The standard InChI is InChI=1S/C44H48N6O5S/c1-4-26-24-30-31(44(2,3)40-38(39(30)52)28-8-5-6-10-32(28)45-40)25-34(26)49-16-14-27(15-17-49)48-20-18-47(19-21-48)22-23-56-35-11-7-9-29-37(35)43(55)50(42(29)54)33-12-13-36(51)46-41(33)53/h5-11,24-25,27,33,45H,4,12-23H2,1-3H3,(H,46,51,53). The van der Waals surface area contributed by atoms with E-state index in [0.29, 0.717) is 17.2 Å². The van der Waals surface area contributed by atoms with Crippen LogP contribution in [0.4, 0.5) is 5.69 Å².